The summed E-state index contributed by atoms with van der Waals surface area (Å²) in [6.45, 7) is 5.16. The first-order valence-electron chi connectivity index (χ1n) is 10.5. The van der Waals surface area contributed by atoms with Crippen molar-refractivity contribution in [1.82, 2.24) is 9.80 Å². The van der Waals surface area contributed by atoms with Gasteiger partial charge in [-0.15, -0.1) is 0 Å². The Labute approximate surface area is 180 Å². The summed E-state index contributed by atoms with van der Waals surface area (Å²) >= 11 is 0. The molecule has 2 aromatic carbocycles. The topological polar surface area (TPSA) is 71.4 Å². The fourth-order valence-corrected chi connectivity index (χ4v) is 4.41. The molecule has 2 atom stereocenters. The zero-order valence-electron chi connectivity index (χ0n) is 17.2. The van der Waals surface area contributed by atoms with Gasteiger partial charge in [0.15, 0.2) is 11.6 Å². The van der Waals surface area contributed by atoms with Crippen LogP contribution in [0.5, 0.6) is 0 Å². The number of benzene rings is 2. The number of urea groups is 1. The molecule has 162 valence electrons. The van der Waals surface area contributed by atoms with Crippen molar-refractivity contribution in [1.29, 1.82) is 5.26 Å². The summed E-state index contributed by atoms with van der Waals surface area (Å²) in [5, 5.41) is 14.9. The number of halogens is 2. The van der Waals surface area contributed by atoms with Gasteiger partial charge < -0.3 is 20.4 Å². The second kappa shape index (κ2) is 9.31. The Morgan fingerprint density at radius 1 is 1.00 bits per heavy atom. The number of nitriles is 1. The molecular weight excluding hydrogens is 400 g/mol. The number of nitrogens with one attached hydrogen (secondary N) is 2. The number of likely N-dealkylation sites (tertiary alicyclic amines) is 2. The summed E-state index contributed by atoms with van der Waals surface area (Å²) in [5.74, 6) is -1.01. The van der Waals surface area contributed by atoms with Crippen LogP contribution in [0.4, 0.5) is 25.0 Å². The van der Waals surface area contributed by atoms with Crippen LogP contribution in [0.2, 0.25) is 0 Å². The number of hydrogen-bond acceptors (Lipinski definition) is 4. The molecule has 2 N–H and O–H groups in total. The van der Waals surface area contributed by atoms with Crippen molar-refractivity contribution in [3.8, 4) is 6.07 Å². The Bertz CT molecular complexity index is 961. The quantitative estimate of drug-likeness (QED) is 0.692. The van der Waals surface area contributed by atoms with E-state index < -0.39 is 11.6 Å². The average Bonchev–Trinajstić information content (AvgIpc) is 3.33. The third-order valence-electron chi connectivity index (χ3n) is 6.01. The van der Waals surface area contributed by atoms with E-state index in [2.05, 4.69) is 21.6 Å². The highest BCUT2D eigenvalue weighted by molar-refractivity contribution is 5.89. The van der Waals surface area contributed by atoms with Gasteiger partial charge in [0.2, 0.25) is 0 Å². The van der Waals surface area contributed by atoms with Crippen molar-refractivity contribution in [3.63, 3.8) is 0 Å². The molecule has 2 saturated heterocycles. The number of fused-ring (bicyclic) bond motifs is 1. The number of carbonyl (C=O) groups is 1. The fourth-order valence-electron chi connectivity index (χ4n) is 4.41. The van der Waals surface area contributed by atoms with E-state index in [4.69, 9.17) is 5.26 Å². The summed E-state index contributed by atoms with van der Waals surface area (Å²) in [7, 11) is 0. The number of carbonyl (C=O) groups excluding carboxylic acids is 1. The highest BCUT2D eigenvalue weighted by Gasteiger charge is 2.41. The van der Waals surface area contributed by atoms with E-state index in [1.807, 2.05) is 12.1 Å². The maximum Gasteiger partial charge on any atom is 0.321 e. The lowest BCUT2D eigenvalue weighted by atomic mass is 10.0. The molecule has 0 bridgehead atoms. The lowest BCUT2D eigenvalue weighted by Crippen LogP contribution is -2.36. The minimum Gasteiger partial charge on any atom is -0.385 e. The lowest BCUT2D eigenvalue weighted by molar-refractivity contribution is 0.212. The van der Waals surface area contributed by atoms with E-state index in [0.29, 0.717) is 30.5 Å². The van der Waals surface area contributed by atoms with Crippen LogP contribution >= 0.6 is 0 Å². The maximum absolute atomic E-state index is 13.3. The van der Waals surface area contributed by atoms with Gasteiger partial charge in [0.1, 0.15) is 0 Å². The van der Waals surface area contributed by atoms with Crippen molar-refractivity contribution in [3.05, 3.63) is 59.7 Å². The van der Waals surface area contributed by atoms with E-state index in [9.17, 15) is 13.6 Å². The van der Waals surface area contributed by atoms with Crippen molar-refractivity contribution in [2.24, 2.45) is 11.8 Å². The summed E-state index contributed by atoms with van der Waals surface area (Å²) in [5.41, 5.74) is 1.93. The van der Waals surface area contributed by atoms with E-state index in [-0.39, 0.29) is 11.7 Å². The number of nitrogens with zero attached hydrogens (tertiary/aromatic N) is 3. The van der Waals surface area contributed by atoms with Crippen LogP contribution in [0.25, 0.3) is 0 Å². The zero-order chi connectivity index (χ0) is 21.8. The van der Waals surface area contributed by atoms with Gasteiger partial charge in [0, 0.05) is 50.2 Å². The largest absolute Gasteiger partial charge is 0.385 e. The van der Waals surface area contributed by atoms with Crippen LogP contribution in [0, 0.1) is 34.8 Å². The Balaban J connectivity index is 1.17. The van der Waals surface area contributed by atoms with E-state index in [1.54, 1.807) is 17.0 Å². The first-order chi connectivity index (χ1) is 15.0. The van der Waals surface area contributed by atoms with Crippen molar-refractivity contribution >= 4 is 17.4 Å². The third kappa shape index (κ3) is 5.12. The Kier molecular flexibility index (Phi) is 6.33. The van der Waals surface area contributed by atoms with Gasteiger partial charge >= 0.3 is 6.03 Å². The minimum absolute atomic E-state index is 0.261. The molecule has 6 nitrogen and oxygen atoms in total. The lowest BCUT2D eigenvalue weighted by Gasteiger charge is -2.22. The molecule has 0 aliphatic carbocycles. The normalized spacial score (nSPS) is 20.4. The van der Waals surface area contributed by atoms with Crippen molar-refractivity contribution < 1.29 is 13.6 Å². The second-order valence-corrected chi connectivity index (χ2v) is 8.21. The molecule has 2 amide bonds. The molecule has 2 aliphatic rings. The Morgan fingerprint density at radius 3 is 2.32 bits per heavy atom. The summed E-state index contributed by atoms with van der Waals surface area (Å²) in [4.78, 5) is 16.7. The SMILES string of the molecule is N#Cc1ccc(NCCCN2CC3CN(C(=O)Nc4ccc(F)c(F)c4)CC3C2)cc1. The van der Waals surface area contributed by atoms with Crippen LogP contribution in [-0.2, 0) is 0 Å². The van der Waals surface area contributed by atoms with Gasteiger partial charge in [-0.1, -0.05) is 0 Å². The standard InChI is InChI=1S/C23H25F2N5O/c24-21-7-6-20(10-22(21)25)28-23(31)30-14-17-12-29(13-18(17)15-30)9-1-8-27-19-4-2-16(11-26)3-5-19/h2-7,10,17-18,27H,1,8-9,12-15H2,(H,28,31). The molecule has 4 rings (SSSR count). The second-order valence-electron chi connectivity index (χ2n) is 8.21. The number of anilines is 2. The van der Waals surface area contributed by atoms with E-state index in [0.717, 1.165) is 50.4 Å². The molecule has 2 aliphatic heterocycles. The first-order valence-corrected chi connectivity index (χ1v) is 10.5. The van der Waals surface area contributed by atoms with Crippen molar-refractivity contribution in [2.75, 3.05) is 49.9 Å². The van der Waals surface area contributed by atoms with E-state index in [1.165, 1.54) is 6.07 Å². The van der Waals surface area contributed by atoms with Crippen LogP contribution < -0.4 is 10.6 Å². The summed E-state index contributed by atoms with van der Waals surface area (Å²) in [6.07, 6.45) is 1.01. The molecule has 0 aromatic heterocycles. The number of amides is 2. The molecule has 0 spiro atoms. The number of rotatable bonds is 6. The fraction of sp³-hybridized carbons (Fsp3) is 0.391. The molecule has 31 heavy (non-hydrogen) atoms. The van der Waals surface area contributed by atoms with Gasteiger partial charge in [0.25, 0.3) is 0 Å². The predicted molar refractivity (Wildman–Crippen MR) is 115 cm³/mol. The van der Waals surface area contributed by atoms with Gasteiger partial charge in [-0.3, -0.25) is 0 Å². The molecule has 2 unspecified atom stereocenters. The van der Waals surface area contributed by atoms with Crippen LogP contribution in [0.3, 0.4) is 0 Å². The van der Waals surface area contributed by atoms with Gasteiger partial charge in [-0.2, -0.15) is 5.26 Å². The summed E-state index contributed by atoms with van der Waals surface area (Å²) < 4.78 is 26.4. The Morgan fingerprint density at radius 2 is 1.68 bits per heavy atom. The van der Waals surface area contributed by atoms with Gasteiger partial charge in [-0.05, 0) is 61.2 Å². The molecule has 2 aromatic rings. The highest BCUT2D eigenvalue weighted by atomic mass is 19.2. The minimum atomic E-state index is -0.972. The molecular formula is C23H25F2N5O. The van der Waals surface area contributed by atoms with Gasteiger partial charge in [-0.25, -0.2) is 13.6 Å². The van der Waals surface area contributed by atoms with Gasteiger partial charge in [0.05, 0.1) is 11.6 Å². The molecule has 0 radical (unpaired) electrons. The smallest absolute Gasteiger partial charge is 0.321 e. The molecule has 0 saturated carbocycles. The average molecular weight is 425 g/mol. The van der Waals surface area contributed by atoms with Crippen LogP contribution in [0.1, 0.15) is 12.0 Å². The van der Waals surface area contributed by atoms with Crippen molar-refractivity contribution in [2.45, 2.75) is 6.42 Å². The number of hydrogen-bond donors (Lipinski definition) is 2. The highest BCUT2D eigenvalue weighted by Crippen LogP contribution is 2.31. The van der Waals surface area contributed by atoms with E-state index >= 15 is 0 Å². The monoisotopic (exact) mass is 425 g/mol. The van der Waals surface area contributed by atoms with Crippen LogP contribution in [0.15, 0.2) is 42.5 Å². The molecule has 8 heteroatoms. The van der Waals surface area contributed by atoms with Crippen LogP contribution in [-0.4, -0.2) is 55.1 Å². The Hall–Kier alpha value is -3.18. The molecule has 2 fully saturated rings. The molecule has 2 heterocycles. The third-order valence-corrected chi connectivity index (χ3v) is 6.01. The first kappa shape index (κ1) is 21.1. The predicted octanol–water partition coefficient (Wildman–Crippen LogP) is 3.73. The zero-order valence-corrected chi connectivity index (χ0v) is 17.2. The summed E-state index contributed by atoms with van der Waals surface area (Å²) in [6, 6.07) is 12.7. The maximum atomic E-state index is 13.3.